The highest BCUT2D eigenvalue weighted by Crippen LogP contribution is 2.29. The molecule has 23 heavy (non-hydrogen) atoms. The number of rotatable bonds is 3. The first-order valence-electron chi connectivity index (χ1n) is 7.23. The maximum Gasteiger partial charge on any atom is 0.251 e. The molecule has 0 spiro atoms. The van der Waals surface area contributed by atoms with Crippen LogP contribution >= 0.6 is 11.6 Å². The van der Waals surface area contributed by atoms with Gasteiger partial charge >= 0.3 is 0 Å². The number of halogens is 2. The molecule has 1 aliphatic heterocycles. The summed E-state index contributed by atoms with van der Waals surface area (Å²) in [6, 6.07) is 11.2. The first-order valence-corrected chi connectivity index (χ1v) is 7.60. The van der Waals surface area contributed by atoms with E-state index in [0.717, 1.165) is 5.56 Å². The van der Waals surface area contributed by atoms with Crippen molar-refractivity contribution in [3.63, 3.8) is 0 Å². The van der Waals surface area contributed by atoms with Crippen LogP contribution < -0.4 is 10.1 Å². The fourth-order valence-electron chi connectivity index (χ4n) is 2.47. The number of carbonyl (C=O) groups is 1. The van der Waals surface area contributed by atoms with Gasteiger partial charge < -0.3 is 10.1 Å². The van der Waals surface area contributed by atoms with Crippen LogP contribution in [-0.2, 0) is 4.79 Å². The molecule has 0 aromatic heterocycles. The fraction of sp³-hybridized carbons (Fsp3) is 0.167. The van der Waals surface area contributed by atoms with Crippen LogP contribution in [0.15, 0.2) is 48.0 Å². The van der Waals surface area contributed by atoms with Gasteiger partial charge in [0.25, 0.3) is 5.91 Å². The van der Waals surface area contributed by atoms with E-state index in [0.29, 0.717) is 21.9 Å². The van der Waals surface area contributed by atoms with Crippen LogP contribution in [0.4, 0.5) is 4.39 Å². The number of amides is 1. The van der Waals surface area contributed by atoms with Crippen molar-refractivity contribution in [3.8, 4) is 5.75 Å². The largest absolute Gasteiger partial charge is 0.488 e. The molecule has 1 heterocycles. The van der Waals surface area contributed by atoms with Crippen molar-refractivity contribution in [2.75, 3.05) is 6.61 Å². The van der Waals surface area contributed by atoms with Gasteiger partial charge in [-0.05, 0) is 37.3 Å². The Bertz CT molecular complexity index is 788. The predicted molar refractivity (Wildman–Crippen MR) is 87.9 cm³/mol. The first-order chi connectivity index (χ1) is 11.0. The van der Waals surface area contributed by atoms with Gasteiger partial charge in [-0.2, -0.15) is 0 Å². The third kappa shape index (κ3) is 3.37. The molecule has 118 valence electrons. The molecule has 0 radical (unpaired) electrons. The molecular formula is C18H15ClFNO2. The minimum atomic E-state index is -0.439. The molecule has 0 bridgehead atoms. The predicted octanol–water partition coefficient (Wildman–Crippen LogP) is 4.13. The summed E-state index contributed by atoms with van der Waals surface area (Å²) in [4.78, 5) is 12.4. The van der Waals surface area contributed by atoms with Crippen LogP contribution in [0.3, 0.4) is 0 Å². The van der Waals surface area contributed by atoms with Crippen molar-refractivity contribution in [1.29, 1.82) is 0 Å². The third-order valence-corrected chi connectivity index (χ3v) is 3.93. The molecule has 1 aliphatic rings. The van der Waals surface area contributed by atoms with Crippen LogP contribution in [0.1, 0.15) is 24.1 Å². The van der Waals surface area contributed by atoms with Gasteiger partial charge in [-0.25, -0.2) is 4.39 Å². The van der Waals surface area contributed by atoms with E-state index in [-0.39, 0.29) is 18.3 Å². The molecule has 0 saturated heterocycles. The number of nitrogens with one attached hydrogen (secondary N) is 1. The summed E-state index contributed by atoms with van der Waals surface area (Å²) in [5.74, 6) is 0.0609. The van der Waals surface area contributed by atoms with Crippen LogP contribution in [0.5, 0.6) is 5.75 Å². The van der Waals surface area contributed by atoms with Gasteiger partial charge in [-0.15, -0.1) is 0 Å². The van der Waals surface area contributed by atoms with Gasteiger partial charge in [0.05, 0.1) is 11.6 Å². The zero-order valence-electron chi connectivity index (χ0n) is 12.5. The SMILES string of the molecule is CC(NC(=O)C1=Cc2cc(Cl)ccc2OC1)c1ccccc1F. The van der Waals surface area contributed by atoms with Gasteiger partial charge in [-0.1, -0.05) is 29.8 Å². The summed E-state index contributed by atoms with van der Waals surface area (Å²) in [6.45, 7) is 1.91. The van der Waals surface area contributed by atoms with E-state index in [1.54, 1.807) is 49.4 Å². The van der Waals surface area contributed by atoms with Crippen molar-refractivity contribution >= 4 is 23.6 Å². The molecule has 5 heteroatoms. The fourth-order valence-corrected chi connectivity index (χ4v) is 2.65. The Labute approximate surface area is 138 Å². The van der Waals surface area contributed by atoms with Crippen molar-refractivity contribution in [2.24, 2.45) is 0 Å². The number of hydrogen-bond acceptors (Lipinski definition) is 2. The molecule has 3 rings (SSSR count). The van der Waals surface area contributed by atoms with Crippen LogP contribution in [0, 0.1) is 5.82 Å². The standard InChI is InChI=1S/C18H15ClFNO2/c1-11(15-4-2-3-5-16(15)20)21-18(22)13-8-12-9-14(19)6-7-17(12)23-10-13/h2-9,11H,10H2,1H3,(H,21,22). The molecule has 2 aromatic carbocycles. The second kappa shape index (κ2) is 6.42. The number of carbonyl (C=O) groups excluding carboxylic acids is 1. The maximum absolute atomic E-state index is 13.8. The van der Waals surface area contributed by atoms with Crippen molar-refractivity contribution in [2.45, 2.75) is 13.0 Å². The Morgan fingerprint density at radius 1 is 1.30 bits per heavy atom. The van der Waals surface area contributed by atoms with E-state index in [2.05, 4.69) is 5.32 Å². The van der Waals surface area contributed by atoms with Gasteiger partial charge in [0.15, 0.2) is 0 Å². The average molecular weight is 332 g/mol. The minimum absolute atomic E-state index is 0.171. The molecule has 0 saturated carbocycles. The maximum atomic E-state index is 13.8. The van der Waals surface area contributed by atoms with Gasteiger partial charge in [0, 0.05) is 16.1 Å². The normalized spacial score (nSPS) is 14.3. The van der Waals surface area contributed by atoms with Gasteiger partial charge in [0.2, 0.25) is 0 Å². The molecule has 1 unspecified atom stereocenters. The smallest absolute Gasteiger partial charge is 0.251 e. The lowest BCUT2D eigenvalue weighted by molar-refractivity contribution is -0.118. The first kappa shape index (κ1) is 15.6. The van der Waals surface area contributed by atoms with Crippen LogP contribution in [-0.4, -0.2) is 12.5 Å². The highest BCUT2D eigenvalue weighted by Gasteiger charge is 2.20. The molecule has 3 nitrogen and oxygen atoms in total. The average Bonchev–Trinajstić information content (AvgIpc) is 2.54. The third-order valence-electron chi connectivity index (χ3n) is 3.70. The second-order valence-corrected chi connectivity index (χ2v) is 5.79. The minimum Gasteiger partial charge on any atom is -0.488 e. The van der Waals surface area contributed by atoms with Crippen molar-refractivity contribution in [3.05, 3.63) is 70.0 Å². The monoisotopic (exact) mass is 331 g/mol. The Morgan fingerprint density at radius 3 is 2.87 bits per heavy atom. The lowest BCUT2D eigenvalue weighted by Crippen LogP contribution is -2.31. The summed E-state index contributed by atoms with van der Waals surface area (Å²) in [5, 5.41) is 3.37. The lowest BCUT2D eigenvalue weighted by Gasteiger charge is -2.20. The molecular weight excluding hydrogens is 317 g/mol. The summed E-state index contributed by atoms with van der Waals surface area (Å²) < 4.78 is 19.3. The lowest BCUT2D eigenvalue weighted by atomic mass is 10.0. The number of hydrogen-bond donors (Lipinski definition) is 1. The zero-order valence-corrected chi connectivity index (χ0v) is 13.2. The molecule has 2 aromatic rings. The Balaban J connectivity index is 1.78. The van der Waals surface area contributed by atoms with E-state index < -0.39 is 6.04 Å². The number of benzene rings is 2. The highest BCUT2D eigenvalue weighted by atomic mass is 35.5. The van der Waals surface area contributed by atoms with E-state index in [1.165, 1.54) is 6.07 Å². The van der Waals surface area contributed by atoms with Gasteiger partial charge in [0.1, 0.15) is 18.2 Å². The Hall–Kier alpha value is -2.33. The van der Waals surface area contributed by atoms with E-state index in [1.807, 2.05) is 0 Å². The molecule has 0 fully saturated rings. The zero-order chi connectivity index (χ0) is 16.4. The Morgan fingerprint density at radius 2 is 2.09 bits per heavy atom. The van der Waals surface area contributed by atoms with Crippen molar-refractivity contribution < 1.29 is 13.9 Å². The molecule has 0 aliphatic carbocycles. The quantitative estimate of drug-likeness (QED) is 0.918. The highest BCUT2D eigenvalue weighted by molar-refractivity contribution is 6.30. The topological polar surface area (TPSA) is 38.3 Å². The van der Waals surface area contributed by atoms with Gasteiger partial charge in [-0.3, -0.25) is 4.79 Å². The van der Waals surface area contributed by atoms with Crippen molar-refractivity contribution in [1.82, 2.24) is 5.32 Å². The van der Waals surface area contributed by atoms with E-state index in [9.17, 15) is 9.18 Å². The molecule has 1 N–H and O–H groups in total. The molecule has 1 amide bonds. The number of fused-ring (bicyclic) bond motifs is 1. The van der Waals surface area contributed by atoms with Crippen LogP contribution in [0.25, 0.3) is 6.08 Å². The van der Waals surface area contributed by atoms with E-state index in [4.69, 9.17) is 16.3 Å². The summed E-state index contributed by atoms with van der Waals surface area (Å²) in [5.41, 5.74) is 1.68. The summed E-state index contributed by atoms with van der Waals surface area (Å²) in [7, 11) is 0. The second-order valence-electron chi connectivity index (χ2n) is 5.36. The van der Waals surface area contributed by atoms with E-state index >= 15 is 0 Å². The molecule has 1 atom stereocenters. The summed E-state index contributed by atoms with van der Waals surface area (Å²) >= 11 is 5.96. The Kier molecular flexibility index (Phi) is 4.35. The number of ether oxygens (including phenoxy) is 1. The van der Waals surface area contributed by atoms with Crippen LogP contribution in [0.2, 0.25) is 5.02 Å². The summed E-state index contributed by atoms with van der Waals surface area (Å²) in [6.07, 6.45) is 1.74.